The third kappa shape index (κ3) is 3.00. The van der Waals surface area contributed by atoms with Crippen molar-refractivity contribution in [2.45, 2.75) is 32.6 Å². The van der Waals surface area contributed by atoms with E-state index in [0.717, 1.165) is 24.5 Å². The molecule has 2 N–H and O–H groups in total. The Kier molecular flexibility index (Phi) is 4.18. The molecule has 0 spiro atoms. The van der Waals surface area contributed by atoms with Crippen LogP contribution in [-0.2, 0) is 6.42 Å². The zero-order valence-corrected chi connectivity index (χ0v) is 11.1. The number of carbonyl (C=O) groups excluding carboxylic acids is 1. The van der Waals surface area contributed by atoms with Crippen LogP contribution >= 0.6 is 0 Å². The molecule has 2 rings (SSSR count). The molecule has 1 aliphatic carbocycles. The van der Waals surface area contributed by atoms with Gasteiger partial charge < -0.3 is 10.6 Å². The van der Waals surface area contributed by atoms with Crippen molar-refractivity contribution in [3.8, 4) is 0 Å². The molecule has 18 heavy (non-hydrogen) atoms. The molecule has 0 saturated heterocycles. The Morgan fingerprint density at radius 2 is 2.22 bits per heavy atom. The highest BCUT2D eigenvalue weighted by Crippen LogP contribution is 2.25. The molecule has 1 aliphatic rings. The summed E-state index contributed by atoms with van der Waals surface area (Å²) in [6.45, 7) is 2.84. The van der Waals surface area contributed by atoms with Crippen molar-refractivity contribution < 1.29 is 4.79 Å². The average molecular weight is 247 g/mol. The third-order valence-corrected chi connectivity index (χ3v) is 3.53. The van der Waals surface area contributed by atoms with Crippen molar-refractivity contribution in [3.05, 3.63) is 23.4 Å². The molecule has 4 heteroatoms. The summed E-state index contributed by atoms with van der Waals surface area (Å²) in [5.74, 6) is 1.45. The number of pyridine rings is 1. The maximum atomic E-state index is 12.1. The molecule has 4 nitrogen and oxygen atoms in total. The molecule has 0 atom stereocenters. The Balaban J connectivity index is 2.03. The van der Waals surface area contributed by atoms with E-state index >= 15 is 0 Å². The Morgan fingerprint density at radius 1 is 1.44 bits per heavy atom. The number of amides is 1. The fourth-order valence-corrected chi connectivity index (χ4v) is 2.06. The summed E-state index contributed by atoms with van der Waals surface area (Å²) in [4.78, 5) is 16.4. The lowest BCUT2D eigenvalue weighted by Crippen LogP contribution is -2.32. The maximum absolute atomic E-state index is 12.1. The van der Waals surface area contributed by atoms with Gasteiger partial charge in [0.1, 0.15) is 5.82 Å². The molecule has 98 valence electrons. The summed E-state index contributed by atoms with van der Waals surface area (Å²) in [7, 11) is 1.82. The minimum Gasteiger partial charge on any atom is -0.373 e. The predicted octanol–water partition coefficient (Wildman–Crippen LogP) is 2.22. The van der Waals surface area contributed by atoms with Gasteiger partial charge in [0.15, 0.2) is 0 Å². The maximum Gasteiger partial charge on any atom is 0.251 e. The molecule has 0 bridgehead atoms. The normalized spacial score (nSPS) is 15.0. The van der Waals surface area contributed by atoms with E-state index in [1.165, 1.54) is 19.3 Å². The summed E-state index contributed by atoms with van der Waals surface area (Å²) >= 11 is 0. The zero-order chi connectivity index (χ0) is 13.0. The van der Waals surface area contributed by atoms with Gasteiger partial charge in [-0.25, -0.2) is 4.98 Å². The molecule has 1 saturated carbocycles. The molecule has 0 aliphatic heterocycles. The van der Waals surface area contributed by atoms with E-state index in [4.69, 9.17) is 0 Å². The summed E-state index contributed by atoms with van der Waals surface area (Å²) in [5.41, 5.74) is 1.64. The number of nitrogens with one attached hydrogen (secondary N) is 2. The summed E-state index contributed by atoms with van der Waals surface area (Å²) < 4.78 is 0. The van der Waals surface area contributed by atoms with Gasteiger partial charge in [0.2, 0.25) is 0 Å². The van der Waals surface area contributed by atoms with Gasteiger partial charge in [0, 0.05) is 24.8 Å². The average Bonchev–Trinajstić information content (AvgIpc) is 2.36. The summed E-state index contributed by atoms with van der Waals surface area (Å²) in [6.07, 6.45) is 4.63. The number of anilines is 1. The van der Waals surface area contributed by atoms with Crippen LogP contribution < -0.4 is 10.6 Å². The SMILES string of the molecule is CCc1cc(C(=O)NCC2CCC2)cc(NC)n1. The van der Waals surface area contributed by atoms with E-state index in [0.29, 0.717) is 11.5 Å². The fraction of sp³-hybridized carbons (Fsp3) is 0.571. The van der Waals surface area contributed by atoms with Crippen molar-refractivity contribution in [3.63, 3.8) is 0 Å². The van der Waals surface area contributed by atoms with Gasteiger partial charge in [0.25, 0.3) is 5.91 Å². The van der Waals surface area contributed by atoms with Crippen molar-refractivity contribution in [2.24, 2.45) is 5.92 Å². The molecule has 1 aromatic rings. The monoisotopic (exact) mass is 247 g/mol. The van der Waals surface area contributed by atoms with E-state index < -0.39 is 0 Å². The number of rotatable bonds is 5. The number of carbonyl (C=O) groups is 1. The second-order valence-corrected chi connectivity index (χ2v) is 4.84. The van der Waals surface area contributed by atoms with Crippen molar-refractivity contribution in [1.82, 2.24) is 10.3 Å². The molecular weight excluding hydrogens is 226 g/mol. The van der Waals surface area contributed by atoms with Crippen LogP contribution in [-0.4, -0.2) is 24.5 Å². The molecular formula is C14H21N3O. The molecule has 0 radical (unpaired) electrons. The van der Waals surface area contributed by atoms with Crippen LogP contribution in [0, 0.1) is 5.92 Å². The van der Waals surface area contributed by atoms with Gasteiger partial charge >= 0.3 is 0 Å². The van der Waals surface area contributed by atoms with E-state index in [2.05, 4.69) is 15.6 Å². The Hall–Kier alpha value is -1.58. The van der Waals surface area contributed by atoms with E-state index in [1.54, 1.807) is 6.07 Å². The first-order valence-corrected chi connectivity index (χ1v) is 6.69. The van der Waals surface area contributed by atoms with Crippen LogP contribution in [0.3, 0.4) is 0 Å². The van der Waals surface area contributed by atoms with Crippen LogP contribution in [0.4, 0.5) is 5.82 Å². The lowest BCUT2D eigenvalue weighted by Gasteiger charge is -2.25. The van der Waals surface area contributed by atoms with Crippen molar-refractivity contribution in [2.75, 3.05) is 18.9 Å². The van der Waals surface area contributed by atoms with Crippen LogP contribution in [0.2, 0.25) is 0 Å². The third-order valence-electron chi connectivity index (χ3n) is 3.53. The molecule has 1 heterocycles. The standard InChI is InChI=1S/C14H21N3O/c1-3-12-7-11(8-13(15-2)17-12)14(18)16-9-10-5-4-6-10/h7-8,10H,3-6,9H2,1-2H3,(H,15,17)(H,16,18). The number of aromatic nitrogens is 1. The minimum atomic E-state index is 0.00972. The first-order valence-electron chi connectivity index (χ1n) is 6.69. The Bertz CT molecular complexity index is 405. The molecule has 0 unspecified atom stereocenters. The number of hydrogen-bond donors (Lipinski definition) is 2. The topological polar surface area (TPSA) is 54.0 Å². The van der Waals surface area contributed by atoms with E-state index in [-0.39, 0.29) is 5.91 Å². The molecule has 1 amide bonds. The van der Waals surface area contributed by atoms with Crippen molar-refractivity contribution in [1.29, 1.82) is 0 Å². The van der Waals surface area contributed by atoms with Crippen molar-refractivity contribution >= 4 is 11.7 Å². The highest BCUT2D eigenvalue weighted by atomic mass is 16.1. The number of nitrogens with zero attached hydrogens (tertiary/aromatic N) is 1. The second kappa shape index (κ2) is 5.85. The molecule has 1 fully saturated rings. The zero-order valence-electron chi connectivity index (χ0n) is 11.1. The number of aryl methyl sites for hydroxylation is 1. The van der Waals surface area contributed by atoms with Gasteiger partial charge in [0.05, 0.1) is 0 Å². The van der Waals surface area contributed by atoms with Gasteiger partial charge in [-0.3, -0.25) is 4.79 Å². The van der Waals surface area contributed by atoms with Crippen LogP contribution in [0.15, 0.2) is 12.1 Å². The van der Waals surface area contributed by atoms with E-state index in [9.17, 15) is 4.79 Å². The summed E-state index contributed by atoms with van der Waals surface area (Å²) in [5, 5.41) is 6.00. The summed E-state index contributed by atoms with van der Waals surface area (Å²) in [6, 6.07) is 3.67. The fourth-order valence-electron chi connectivity index (χ4n) is 2.06. The lowest BCUT2D eigenvalue weighted by atomic mass is 9.85. The van der Waals surface area contributed by atoms with E-state index in [1.807, 2.05) is 20.0 Å². The highest BCUT2D eigenvalue weighted by Gasteiger charge is 2.18. The van der Waals surface area contributed by atoms with Gasteiger partial charge in [-0.1, -0.05) is 13.3 Å². The van der Waals surface area contributed by atoms with Gasteiger partial charge in [-0.15, -0.1) is 0 Å². The highest BCUT2D eigenvalue weighted by molar-refractivity contribution is 5.95. The smallest absolute Gasteiger partial charge is 0.251 e. The Morgan fingerprint density at radius 3 is 2.78 bits per heavy atom. The minimum absolute atomic E-state index is 0.00972. The first kappa shape index (κ1) is 12.9. The van der Waals surface area contributed by atoms with Gasteiger partial charge in [-0.2, -0.15) is 0 Å². The Labute approximate surface area is 108 Å². The first-order chi connectivity index (χ1) is 8.72. The van der Waals surface area contributed by atoms with Crippen LogP contribution in [0.25, 0.3) is 0 Å². The molecule has 0 aromatic carbocycles. The van der Waals surface area contributed by atoms with Crippen LogP contribution in [0.5, 0.6) is 0 Å². The van der Waals surface area contributed by atoms with Gasteiger partial charge in [-0.05, 0) is 37.3 Å². The lowest BCUT2D eigenvalue weighted by molar-refractivity contribution is 0.0939. The molecule has 1 aromatic heterocycles. The largest absolute Gasteiger partial charge is 0.373 e. The number of hydrogen-bond acceptors (Lipinski definition) is 3. The van der Waals surface area contributed by atoms with Crippen LogP contribution in [0.1, 0.15) is 42.2 Å². The predicted molar refractivity (Wildman–Crippen MR) is 72.8 cm³/mol. The second-order valence-electron chi connectivity index (χ2n) is 4.84. The quantitative estimate of drug-likeness (QED) is 0.838.